The Morgan fingerprint density at radius 3 is 0.971 bits per heavy atom. The van der Waals surface area contributed by atoms with Gasteiger partial charge in [0.15, 0.2) is 0 Å². The number of hydrogen-bond acceptors (Lipinski definition) is 8. The predicted octanol–water partition coefficient (Wildman–Crippen LogP) is 16.7. The highest BCUT2D eigenvalue weighted by molar-refractivity contribution is 7.87. The van der Waals surface area contributed by atoms with Gasteiger partial charge in [0.1, 0.15) is 9.79 Å². The fourth-order valence-corrected chi connectivity index (χ4v) is 11.8. The summed E-state index contributed by atoms with van der Waals surface area (Å²) < 4.78 is 67.9. The molecule has 0 aliphatic rings. The minimum atomic E-state index is -4.74. The largest absolute Gasteiger partial charge is 0.354 e. The lowest BCUT2D eigenvalue weighted by atomic mass is 9.98. The molecular weight excluding hydrogens is 913 g/mol. The SMILES string of the molecule is CCCCCCCCc1ccc2c(S(=O)(=O)OC(=O)c3ccccc3C(=O)OS(=O)(=O)c3cc(CCCCCCCC)cc4cc(CCCCCCCC)ccc34)cc(CCCCCCCC)cc2c1. The molecule has 5 aromatic rings. The second-order valence-electron chi connectivity index (χ2n) is 19.6. The van der Waals surface area contributed by atoms with Crippen LogP contribution in [0.4, 0.5) is 0 Å². The number of fused-ring (bicyclic) bond motifs is 2. The first-order valence-corrected chi connectivity index (χ1v) is 29.9. The van der Waals surface area contributed by atoms with Crippen molar-refractivity contribution in [2.45, 2.75) is 217 Å². The van der Waals surface area contributed by atoms with Gasteiger partial charge in [-0.1, -0.05) is 217 Å². The molecule has 5 aromatic carbocycles. The van der Waals surface area contributed by atoms with Crippen LogP contribution in [0.5, 0.6) is 0 Å². The Morgan fingerprint density at radius 1 is 0.357 bits per heavy atom. The standard InChI is InChI=1S/C60H82O8S2/c1-5-9-13-17-21-25-31-47-37-39-53-51(41-47)43-49(33-27-23-19-15-11-7-3)45-57(53)69(63,64)67-59(61)55-35-29-30-36-56(55)60(62)68-70(65,66)58-46-50(34-28-24-20-16-12-8-4)44-52-42-48(38-40-54(52)58)32-26-22-18-14-10-6-2/h29-30,35-46H,5-28,31-34H2,1-4H3. The monoisotopic (exact) mass is 995 g/mol. The van der Waals surface area contributed by atoms with Gasteiger partial charge < -0.3 is 8.37 Å². The molecule has 0 fully saturated rings. The van der Waals surface area contributed by atoms with E-state index in [1.54, 1.807) is 24.3 Å². The average Bonchev–Trinajstić information content (AvgIpc) is 3.34. The normalized spacial score (nSPS) is 11.9. The zero-order valence-electron chi connectivity index (χ0n) is 43.0. The van der Waals surface area contributed by atoms with Crippen LogP contribution in [0.15, 0.2) is 94.7 Å². The number of aryl methyl sites for hydroxylation is 4. The second-order valence-corrected chi connectivity index (χ2v) is 22.6. The van der Waals surface area contributed by atoms with Gasteiger partial charge in [-0.3, -0.25) is 0 Å². The van der Waals surface area contributed by atoms with E-state index in [1.807, 2.05) is 36.4 Å². The van der Waals surface area contributed by atoms with Crippen molar-refractivity contribution in [1.29, 1.82) is 0 Å². The van der Waals surface area contributed by atoms with Gasteiger partial charge in [-0.2, -0.15) is 16.8 Å². The number of rotatable bonds is 34. The van der Waals surface area contributed by atoms with Gasteiger partial charge in [-0.05, 0) is 109 Å². The number of carbonyl (C=O) groups excluding carboxylic acids is 2. The Kier molecular flexibility index (Phi) is 23.9. The van der Waals surface area contributed by atoms with E-state index in [0.717, 1.165) is 136 Å². The molecule has 0 saturated carbocycles. The molecule has 0 aliphatic heterocycles. The Labute approximate surface area is 422 Å². The van der Waals surface area contributed by atoms with Crippen molar-refractivity contribution in [1.82, 2.24) is 0 Å². The van der Waals surface area contributed by atoms with Crippen molar-refractivity contribution in [3.63, 3.8) is 0 Å². The molecule has 0 aromatic heterocycles. The summed E-state index contributed by atoms with van der Waals surface area (Å²) in [5.41, 5.74) is 3.05. The third-order valence-corrected chi connectivity index (χ3v) is 16.1. The van der Waals surface area contributed by atoms with Crippen molar-refractivity contribution >= 4 is 53.7 Å². The van der Waals surface area contributed by atoms with Crippen LogP contribution in [0, 0.1) is 0 Å². The molecule has 70 heavy (non-hydrogen) atoms. The third kappa shape index (κ3) is 17.6. The van der Waals surface area contributed by atoms with Crippen LogP contribution in [-0.2, 0) is 54.3 Å². The van der Waals surface area contributed by atoms with Gasteiger partial charge >= 0.3 is 32.2 Å². The summed E-state index contributed by atoms with van der Waals surface area (Å²) in [4.78, 5) is 27.7. The molecule has 10 heteroatoms. The van der Waals surface area contributed by atoms with Crippen LogP contribution in [0.1, 0.15) is 225 Å². The summed E-state index contributed by atoms with van der Waals surface area (Å²) in [5, 5.41) is 2.39. The molecular formula is C60H82O8S2. The first-order chi connectivity index (χ1) is 33.9. The Morgan fingerprint density at radius 2 is 0.643 bits per heavy atom. The van der Waals surface area contributed by atoms with E-state index in [-0.39, 0.29) is 9.79 Å². The minimum absolute atomic E-state index is 0.129. The van der Waals surface area contributed by atoms with E-state index in [9.17, 15) is 26.4 Å². The van der Waals surface area contributed by atoms with Crippen molar-refractivity contribution < 1.29 is 34.8 Å². The average molecular weight is 995 g/mol. The van der Waals surface area contributed by atoms with Crippen LogP contribution in [0.3, 0.4) is 0 Å². The molecule has 0 heterocycles. The van der Waals surface area contributed by atoms with E-state index in [0.29, 0.717) is 23.6 Å². The predicted molar refractivity (Wildman–Crippen MR) is 288 cm³/mol. The van der Waals surface area contributed by atoms with E-state index in [1.165, 1.54) is 88.5 Å². The first kappa shape index (κ1) is 56.4. The number of hydrogen-bond donors (Lipinski definition) is 0. The lowest BCUT2D eigenvalue weighted by molar-refractivity contribution is 0.0702. The molecule has 5 rings (SSSR count). The molecule has 382 valence electrons. The second kappa shape index (κ2) is 29.7. The Hall–Kier alpha value is -4.54. The minimum Gasteiger partial charge on any atom is -0.338 e. The summed E-state index contributed by atoms with van der Waals surface area (Å²) in [5.74, 6) is -2.63. The molecule has 0 unspecified atom stereocenters. The topological polar surface area (TPSA) is 121 Å². The summed E-state index contributed by atoms with van der Waals surface area (Å²) in [6, 6.07) is 24.2. The zero-order chi connectivity index (χ0) is 50.2. The molecule has 8 nitrogen and oxygen atoms in total. The molecule has 0 saturated heterocycles. The smallest absolute Gasteiger partial charge is 0.338 e. The molecule has 0 bridgehead atoms. The summed E-state index contributed by atoms with van der Waals surface area (Å²) in [7, 11) is -9.48. The van der Waals surface area contributed by atoms with Crippen LogP contribution in [0.25, 0.3) is 21.5 Å². The fourth-order valence-electron chi connectivity index (χ4n) is 9.56. The van der Waals surface area contributed by atoms with Gasteiger partial charge in [0.05, 0.1) is 11.1 Å². The highest BCUT2D eigenvalue weighted by Gasteiger charge is 2.31. The maximum Gasteiger partial charge on any atom is 0.354 e. The molecule has 0 atom stereocenters. The van der Waals surface area contributed by atoms with Gasteiger partial charge in [-0.25, -0.2) is 9.59 Å². The van der Waals surface area contributed by atoms with Crippen LogP contribution >= 0.6 is 0 Å². The molecule has 0 N–H and O–H groups in total. The van der Waals surface area contributed by atoms with Gasteiger partial charge in [-0.15, -0.1) is 0 Å². The first-order valence-electron chi connectivity index (χ1n) is 27.1. The van der Waals surface area contributed by atoms with Crippen molar-refractivity contribution in [2.24, 2.45) is 0 Å². The molecule has 0 spiro atoms. The number of benzene rings is 5. The van der Waals surface area contributed by atoms with Crippen molar-refractivity contribution in [2.75, 3.05) is 0 Å². The lowest BCUT2D eigenvalue weighted by Gasteiger charge is -2.15. The van der Waals surface area contributed by atoms with Gasteiger partial charge in [0.25, 0.3) is 0 Å². The quantitative estimate of drug-likeness (QED) is 0.0295. The van der Waals surface area contributed by atoms with E-state index >= 15 is 0 Å². The van der Waals surface area contributed by atoms with Gasteiger partial charge in [0, 0.05) is 10.8 Å². The maximum absolute atomic E-state index is 14.3. The van der Waals surface area contributed by atoms with Gasteiger partial charge in [0.2, 0.25) is 0 Å². The highest BCUT2D eigenvalue weighted by atomic mass is 32.2. The van der Waals surface area contributed by atoms with Crippen LogP contribution < -0.4 is 0 Å². The number of unbranched alkanes of at least 4 members (excludes halogenated alkanes) is 20. The fraction of sp³-hybridized carbons (Fsp3) is 0.533. The summed E-state index contributed by atoms with van der Waals surface area (Å²) in [6.07, 6.45) is 30.2. The molecule has 0 radical (unpaired) electrons. The van der Waals surface area contributed by atoms with E-state index < -0.39 is 43.3 Å². The summed E-state index contributed by atoms with van der Waals surface area (Å²) >= 11 is 0. The van der Waals surface area contributed by atoms with E-state index in [4.69, 9.17) is 8.37 Å². The third-order valence-electron chi connectivity index (χ3n) is 13.6. The summed E-state index contributed by atoms with van der Waals surface area (Å²) in [6.45, 7) is 8.78. The highest BCUT2D eigenvalue weighted by Crippen LogP contribution is 2.32. The number of carbonyl (C=O) groups is 2. The van der Waals surface area contributed by atoms with Crippen molar-refractivity contribution in [3.05, 3.63) is 118 Å². The zero-order valence-corrected chi connectivity index (χ0v) is 44.6. The molecule has 0 aliphatic carbocycles. The maximum atomic E-state index is 14.3. The van der Waals surface area contributed by atoms with Crippen molar-refractivity contribution in [3.8, 4) is 0 Å². The Balaban J connectivity index is 1.39. The molecule has 0 amide bonds. The van der Waals surface area contributed by atoms with Crippen LogP contribution in [0.2, 0.25) is 0 Å². The lowest BCUT2D eigenvalue weighted by Crippen LogP contribution is -2.20. The van der Waals surface area contributed by atoms with Crippen LogP contribution in [-0.4, -0.2) is 28.8 Å². The van der Waals surface area contributed by atoms with E-state index in [2.05, 4.69) is 27.7 Å². The Bertz CT molecular complexity index is 2460.